The van der Waals surface area contributed by atoms with Crippen LogP contribution in [-0.2, 0) is 16.1 Å². The highest BCUT2D eigenvalue weighted by Crippen LogP contribution is 2.32. The number of hydrogen-bond donors (Lipinski definition) is 1. The molecule has 2 aliphatic heterocycles. The van der Waals surface area contributed by atoms with Gasteiger partial charge in [0.15, 0.2) is 0 Å². The van der Waals surface area contributed by atoms with Gasteiger partial charge in [-0.25, -0.2) is 19.2 Å². The van der Waals surface area contributed by atoms with Gasteiger partial charge < -0.3 is 15.1 Å². The van der Waals surface area contributed by atoms with E-state index in [2.05, 4.69) is 5.32 Å². The average Bonchev–Trinajstić information content (AvgIpc) is 2.87. The molecule has 2 fully saturated rings. The van der Waals surface area contributed by atoms with Crippen LogP contribution in [0.2, 0.25) is 0 Å². The molecule has 0 radical (unpaired) electrons. The lowest BCUT2D eigenvalue weighted by atomic mass is 9.99. The number of benzene rings is 2. The molecule has 2 heterocycles. The predicted octanol–water partition coefficient (Wildman–Crippen LogP) is 3.08. The molecule has 10 heteroatoms. The monoisotopic (exact) mass is 513 g/mol. The van der Waals surface area contributed by atoms with E-state index in [1.54, 1.807) is 45.8 Å². The first-order chi connectivity index (χ1) is 17.3. The number of piperazine rings is 1. The highest BCUT2D eigenvalue weighted by atomic mass is 32.2. The molecule has 2 saturated heterocycles. The van der Waals surface area contributed by atoms with Gasteiger partial charge in [0, 0.05) is 13.6 Å². The number of thioether (sulfide) groups is 1. The van der Waals surface area contributed by atoms with E-state index in [9.17, 15) is 18.8 Å². The summed E-state index contributed by atoms with van der Waals surface area (Å²) in [6.45, 7) is 2.38. The minimum absolute atomic E-state index is 0.00223. The lowest BCUT2D eigenvalue weighted by molar-refractivity contribution is -0.189. The zero-order valence-electron chi connectivity index (χ0n) is 20.8. The van der Waals surface area contributed by atoms with Crippen LogP contribution in [0.3, 0.4) is 0 Å². The molecule has 0 spiro atoms. The fourth-order valence-corrected chi connectivity index (χ4v) is 5.35. The molecule has 0 unspecified atom stereocenters. The van der Waals surface area contributed by atoms with Crippen molar-refractivity contribution in [3.8, 4) is 0 Å². The number of amides is 4. The van der Waals surface area contributed by atoms with Crippen molar-refractivity contribution in [1.82, 2.24) is 25.1 Å². The SMILES string of the molecule is CSCC[C@H]1C(=O)N([C@H](C)c2ccccc2)C[C@H]2N1C(=O)CN(C)N2C(=O)NCc1ccc(F)cc1. The minimum atomic E-state index is -0.643. The minimum Gasteiger partial charge on any atom is -0.333 e. The lowest BCUT2D eigenvalue weighted by Crippen LogP contribution is -2.76. The second-order valence-electron chi connectivity index (χ2n) is 9.10. The van der Waals surface area contributed by atoms with Gasteiger partial charge in [0.2, 0.25) is 11.8 Å². The number of hydrazine groups is 1. The van der Waals surface area contributed by atoms with Gasteiger partial charge in [-0.1, -0.05) is 42.5 Å². The summed E-state index contributed by atoms with van der Waals surface area (Å²) in [5.41, 5.74) is 1.75. The number of hydrogen-bond acceptors (Lipinski definition) is 5. The maximum absolute atomic E-state index is 13.7. The number of urea groups is 1. The predicted molar refractivity (Wildman–Crippen MR) is 137 cm³/mol. The zero-order chi connectivity index (χ0) is 25.8. The number of rotatable bonds is 7. The van der Waals surface area contributed by atoms with E-state index >= 15 is 0 Å². The Morgan fingerprint density at radius 2 is 1.83 bits per heavy atom. The Morgan fingerprint density at radius 1 is 1.14 bits per heavy atom. The molecule has 1 N–H and O–H groups in total. The van der Waals surface area contributed by atoms with Crippen molar-refractivity contribution in [3.05, 3.63) is 71.5 Å². The quantitative estimate of drug-likeness (QED) is 0.616. The molecular formula is C26H32FN5O3S. The van der Waals surface area contributed by atoms with Crippen LogP contribution in [0.15, 0.2) is 54.6 Å². The summed E-state index contributed by atoms with van der Waals surface area (Å²) >= 11 is 1.62. The number of carbonyl (C=O) groups is 3. The molecule has 4 amide bonds. The van der Waals surface area contributed by atoms with Crippen molar-refractivity contribution < 1.29 is 18.8 Å². The summed E-state index contributed by atoms with van der Waals surface area (Å²) in [5.74, 6) is 0.108. The van der Waals surface area contributed by atoms with E-state index in [1.807, 2.05) is 43.5 Å². The Labute approximate surface area is 215 Å². The van der Waals surface area contributed by atoms with E-state index in [0.717, 1.165) is 11.1 Å². The van der Waals surface area contributed by atoms with Crippen molar-refractivity contribution in [2.75, 3.05) is 32.1 Å². The molecular weight excluding hydrogens is 481 g/mol. The van der Waals surface area contributed by atoms with E-state index in [0.29, 0.717) is 12.2 Å². The molecule has 2 aromatic carbocycles. The number of fused-ring (bicyclic) bond motifs is 1. The van der Waals surface area contributed by atoms with E-state index in [-0.39, 0.29) is 49.3 Å². The molecule has 3 atom stereocenters. The summed E-state index contributed by atoms with van der Waals surface area (Å²) in [5, 5.41) is 6.03. The Kier molecular flexibility index (Phi) is 8.15. The second kappa shape index (κ2) is 11.3. The third kappa shape index (κ3) is 5.34. The summed E-state index contributed by atoms with van der Waals surface area (Å²) in [6.07, 6.45) is 1.84. The fourth-order valence-electron chi connectivity index (χ4n) is 4.89. The van der Waals surface area contributed by atoms with Crippen LogP contribution in [0.5, 0.6) is 0 Å². The third-order valence-corrected chi connectivity index (χ3v) is 7.44. The van der Waals surface area contributed by atoms with Crippen molar-refractivity contribution in [2.24, 2.45) is 0 Å². The van der Waals surface area contributed by atoms with E-state index in [4.69, 9.17) is 0 Å². The largest absolute Gasteiger partial charge is 0.334 e. The van der Waals surface area contributed by atoms with Crippen LogP contribution in [0.25, 0.3) is 0 Å². The summed E-state index contributed by atoms with van der Waals surface area (Å²) in [6, 6.07) is 14.4. The normalized spacial score (nSPS) is 21.4. The van der Waals surface area contributed by atoms with Gasteiger partial charge in [-0.05, 0) is 48.6 Å². The topological polar surface area (TPSA) is 76.2 Å². The first-order valence-electron chi connectivity index (χ1n) is 12.0. The van der Waals surface area contributed by atoms with Crippen molar-refractivity contribution in [1.29, 1.82) is 0 Å². The number of carbonyl (C=O) groups excluding carboxylic acids is 3. The van der Waals surface area contributed by atoms with Crippen molar-refractivity contribution in [2.45, 2.75) is 38.1 Å². The second-order valence-corrected chi connectivity index (χ2v) is 10.1. The van der Waals surface area contributed by atoms with E-state index < -0.39 is 12.2 Å². The molecule has 8 nitrogen and oxygen atoms in total. The van der Waals surface area contributed by atoms with Gasteiger partial charge in [0.25, 0.3) is 0 Å². The number of nitrogens with zero attached hydrogens (tertiary/aromatic N) is 4. The Balaban J connectivity index is 1.62. The Morgan fingerprint density at radius 3 is 2.50 bits per heavy atom. The number of halogens is 1. The molecule has 2 aromatic rings. The van der Waals surface area contributed by atoms with Crippen molar-refractivity contribution >= 4 is 29.6 Å². The van der Waals surface area contributed by atoms with E-state index in [1.165, 1.54) is 17.1 Å². The van der Waals surface area contributed by atoms with Crippen LogP contribution in [-0.4, -0.2) is 82.0 Å². The zero-order valence-corrected chi connectivity index (χ0v) is 21.6. The molecule has 36 heavy (non-hydrogen) atoms. The molecule has 0 aliphatic carbocycles. The maximum atomic E-state index is 13.7. The number of likely N-dealkylation sites (N-methyl/N-ethyl adjacent to an activating group) is 1. The highest BCUT2D eigenvalue weighted by molar-refractivity contribution is 7.98. The summed E-state index contributed by atoms with van der Waals surface area (Å²) in [4.78, 5) is 43.7. The molecule has 0 bridgehead atoms. The Hall–Kier alpha value is -3.11. The maximum Gasteiger partial charge on any atom is 0.334 e. The van der Waals surface area contributed by atoms with Gasteiger partial charge in [0.1, 0.15) is 18.0 Å². The van der Waals surface area contributed by atoms with Crippen LogP contribution < -0.4 is 5.32 Å². The molecule has 192 valence electrons. The summed E-state index contributed by atoms with van der Waals surface area (Å²) in [7, 11) is 1.70. The standard InChI is InChI=1S/C26H32FN5O3S/c1-18(20-7-5-4-6-8-20)30-16-23-31(22(25(30)34)13-14-36-3)24(33)17-29(2)32(23)26(35)28-15-19-9-11-21(27)12-10-19/h4-12,18,22-23H,13-17H2,1-3H3,(H,28,35)/t18-,22+,23+/m1/s1. The molecule has 4 rings (SSSR count). The molecule has 0 aromatic heterocycles. The first-order valence-corrected chi connectivity index (χ1v) is 13.4. The molecule has 2 aliphatic rings. The van der Waals surface area contributed by atoms with Crippen LogP contribution in [0.4, 0.5) is 9.18 Å². The smallest absolute Gasteiger partial charge is 0.333 e. The van der Waals surface area contributed by atoms with Gasteiger partial charge in [-0.15, -0.1) is 0 Å². The molecule has 0 saturated carbocycles. The average molecular weight is 514 g/mol. The number of nitrogens with one attached hydrogen (secondary N) is 1. The van der Waals surface area contributed by atoms with Gasteiger partial charge in [-0.3, -0.25) is 9.59 Å². The lowest BCUT2D eigenvalue weighted by Gasteiger charge is -2.55. The van der Waals surface area contributed by atoms with Gasteiger partial charge in [0.05, 0.1) is 19.1 Å². The van der Waals surface area contributed by atoms with Crippen LogP contribution in [0, 0.1) is 5.82 Å². The highest BCUT2D eigenvalue weighted by Gasteiger charge is 2.51. The summed E-state index contributed by atoms with van der Waals surface area (Å²) < 4.78 is 13.3. The van der Waals surface area contributed by atoms with Crippen LogP contribution >= 0.6 is 11.8 Å². The van der Waals surface area contributed by atoms with Crippen LogP contribution in [0.1, 0.15) is 30.5 Å². The van der Waals surface area contributed by atoms with Gasteiger partial charge >= 0.3 is 6.03 Å². The fraction of sp³-hybridized carbons (Fsp3) is 0.423. The first kappa shape index (κ1) is 26.0. The third-order valence-electron chi connectivity index (χ3n) is 6.80. The van der Waals surface area contributed by atoms with Gasteiger partial charge in [-0.2, -0.15) is 11.8 Å². The Bertz CT molecular complexity index is 1090. The van der Waals surface area contributed by atoms with Crippen molar-refractivity contribution in [3.63, 3.8) is 0 Å².